The summed E-state index contributed by atoms with van der Waals surface area (Å²) in [7, 11) is 1.61. The molecule has 0 aliphatic heterocycles. The highest BCUT2D eigenvalue weighted by Gasteiger charge is 1.96. The minimum Gasteiger partial charge on any atom is -0.497 e. The summed E-state index contributed by atoms with van der Waals surface area (Å²) in [5.74, 6) is 0.706. The molecule has 0 saturated heterocycles. The van der Waals surface area contributed by atoms with E-state index in [0.717, 1.165) is 11.1 Å². The Hall–Kier alpha value is -0.980. The molecule has 0 fully saturated rings. The third-order valence-corrected chi connectivity index (χ3v) is 1.56. The predicted molar refractivity (Wildman–Crippen MR) is 44.7 cm³/mol. The lowest BCUT2D eigenvalue weighted by Crippen LogP contribution is -1.88. The molecule has 0 amide bonds. The van der Waals surface area contributed by atoms with E-state index in [1.54, 1.807) is 13.2 Å². The maximum atomic E-state index is 4.93. The molecule has 0 rings (SSSR count). The van der Waals surface area contributed by atoms with Gasteiger partial charge in [0.05, 0.1) is 7.11 Å². The van der Waals surface area contributed by atoms with Crippen LogP contribution in [-0.2, 0) is 4.74 Å². The predicted octanol–water partition coefficient (Wildman–Crippen LogP) is 2.67. The topological polar surface area (TPSA) is 9.23 Å². The van der Waals surface area contributed by atoms with Crippen molar-refractivity contribution < 1.29 is 4.74 Å². The van der Waals surface area contributed by atoms with Gasteiger partial charge >= 0.3 is 0 Å². The van der Waals surface area contributed by atoms with Gasteiger partial charge in [0.25, 0.3) is 0 Å². The first-order valence-corrected chi connectivity index (χ1v) is 3.16. The highest BCUT2D eigenvalue weighted by molar-refractivity contribution is 5.31. The van der Waals surface area contributed by atoms with Crippen LogP contribution in [0.1, 0.15) is 13.8 Å². The fourth-order valence-electron chi connectivity index (χ4n) is 0.526. The van der Waals surface area contributed by atoms with Crippen molar-refractivity contribution in [1.29, 1.82) is 0 Å². The van der Waals surface area contributed by atoms with Crippen LogP contribution >= 0.6 is 0 Å². The van der Waals surface area contributed by atoms with Crippen LogP contribution in [-0.4, -0.2) is 7.11 Å². The van der Waals surface area contributed by atoms with Gasteiger partial charge in [0.1, 0.15) is 5.76 Å². The van der Waals surface area contributed by atoms with E-state index >= 15 is 0 Å². The summed E-state index contributed by atoms with van der Waals surface area (Å²) in [4.78, 5) is 0. The Bertz CT molecular complexity index is 175. The van der Waals surface area contributed by atoms with Crippen LogP contribution < -0.4 is 0 Å². The molecule has 0 atom stereocenters. The first kappa shape index (κ1) is 9.02. The Balaban J connectivity index is 4.45. The molecule has 0 aromatic carbocycles. The summed E-state index contributed by atoms with van der Waals surface area (Å²) in [5, 5.41) is 0. The minimum atomic E-state index is 0.706. The molecule has 0 aromatic rings. The van der Waals surface area contributed by atoms with E-state index in [-0.39, 0.29) is 0 Å². The van der Waals surface area contributed by atoms with Gasteiger partial charge in [0.2, 0.25) is 0 Å². The van der Waals surface area contributed by atoms with Gasteiger partial charge in [-0.15, -0.1) is 0 Å². The van der Waals surface area contributed by atoms with E-state index in [1.165, 1.54) is 0 Å². The minimum absolute atomic E-state index is 0.706. The van der Waals surface area contributed by atoms with Crippen molar-refractivity contribution in [3.63, 3.8) is 0 Å². The van der Waals surface area contributed by atoms with Crippen LogP contribution in [0.2, 0.25) is 0 Å². The molecule has 0 aromatic heterocycles. The molecule has 0 N–H and O–H groups in total. The van der Waals surface area contributed by atoms with Gasteiger partial charge in [-0.1, -0.05) is 19.2 Å². The lowest BCUT2D eigenvalue weighted by atomic mass is 10.1. The van der Waals surface area contributed by atoms with Crippen molar-refractivity contribution in [2.75, 3.05) is 7.11 Å². The first-order chi connectivity index (χ1) is 4.63. The van der Waals surface area contributed by atoms with E-state index in [9.17, 15) is 0 Å². The molecular formula is C9H14O. The van der Waals surface area contributed by atoms with Crippen LogP contribution in [0.4, 0.5) is 0 Å². The van der Waals surface area contributed by atoms with Crippen LogP contribution in [0.25, 0.3) is 0 Å². The Morgan fingerprint density at radius 2 is 1.90 bits per heavy atom. The lowest BCUT2D eigenvalue weighted by Gasteiger charge is -2.05. The molecule has 1 nitrogen and oxygen atoms in total. The van der Waals surface area contributed by atoms with Crippen LogP contribution in [0, 0.1) is 0 Å². The summed E-state index contributed by atoms with van der Waals surface area (Å²) in [6.45, 7) is 11.3. The molecule has 0 heterocycles. The Kier molecular flexibility index (Phi) is 3.55. The second kappa shape index (κ2) is 3.94. The number of rotatable bonds is 3. The van der Waals surface area contributed by atoms with Gasteiger partial charge in [-0.05, 0) is 25.0 Å². The van der Waals surface area contributed by atoms with E-state index in [1.807, 2.05) is 13.8 Å². The summed E-state index contributed by atoms with van der Waals surface area (Å²) in [6.07, 6.45) is 1.79. The van der Waals surface area contributed by atoms with Gasteiger partial charge in [0, 0.05) is 0 Å². The molecular weight excluding hydrogens is 124 g/mol. The van der Waals surface area contributed by atoms with Gasteiger partial charge in [-0.3, -0.25) is 0 Å². The third kappa shape index (κ3) is 2.09. The molecule has 0 saturated carbocycles. The van der Waals surface area contributed by atoms with Gasteiger partial charge in [-0.2, -0.15) is 0 Å². The van der Waals surface area contributed by atoms with Crippen molar-refractivity contribution in [3.05, 3.63) is 36.1 Å². The van der Waals surface area contributed by atoms with Crippen LogP contribution in [0.3, 0.4) is 0 Å². The maximum absolute atomic E-state index is 4.93. The van der Waals surface area contributed by atoms with E-state index < -0.39 is 0 Å². The smallest absolute Gasteiger partial charge is 0.114 e. The average Bonchev–Trinajstić information content (AvgIpc) is 2.00. The number of ether oxygens (including phenoxy) is 1. The molecule has 0 unspecified atom stereocenters. The summed E-state index contributed by atoms with van der Waals surface area (Å²) < 4.78 is 4.93. The van der Waals surface area contributed by atoms with Crippen molar-refractivity contribution >= 4 is 0 Å². The lowest BCUT2D eigenvalue weighted by molar-refractivity contribution is 0.302. The Labute approximate surface area is 62.7 Å². The Morgan fingerprint density at radius 1 is 1.40 bits per heavy atom. The maximum Gasteiger partial charge on any atom is 0.114 e. The number of hydrogen-bond donors (Lipinski definition) is 0. The Morgan fingerprint density at radius 3 is 2.20 bits per heavy atom. The second-order valence-electron chi connectivity index (χ2n) is 2.14. The normalized spacial score (nSPS) is 11.9. The van der Waals surface area contributed by atoms with Gasteiger partial charge in [-0.25, -0.2) is 0 Å². The molecule has 0 radical (unpaired) electrons. The van der Waals surface area contributed by atoms with Crippen molar-refractivity contribution in [3.8, 4) is 0 Å². The monoisotopic (exact) mass is 138 g/mol. The largest absolute Gasteiger partial charge is 0.497 e. The van der Waals surface area contributed by atoms with Crippen molar-refractivity contribution in [1.82, 2.24) is 0 Å². The zero-order valence-electron chi connectivity index (χ0n) is 6.90. The van der Waals surface area contributed by atoms with Crippen molar-refractivity contribution in [2.45, 2.75) is 13.8 Å². The van der Waals surface area contributed by atoms with E-state index in [4.69, 9.17) is 4.74 Å². The highest BCUT2D eigenvalue weighted by Crippen LogP contribution is 2.12. The molecule has 56 valence electrons. The fourth-order valence-corrected chi connectivity index (χ4v) is 0.526. The summed E-state index contributed by atoms with van der Waals surface area (Å²) >= 11 is 0. The fraction of sp³-hybridized carbons (Fsp3) is 0.333. The zero-order valence-corrected chi connectivity index (χ0v) is 6.90. The van der Waals surface area contributed by atoms with Gasteiger partial charge < -0.3 is 4.74 Å². The quantitative estimate of drug-likeness (QED) is 0.430. The molecule has 0 aliphatic rings. The van der Waals surface area contributed by atoms with Crippen LogP contribution in [0.5, 0.6) is 0 Å². The average molecular weight is 138 g/mol. The summed E-state index contributed by atoms with van der Waals surface area (Å²) in [5.41, 5.74) is 2.16. The zero-order chi connectivity index (χ0) is 8.15. The third-order valence-electron chi connectivity index (χ3n) is 1.56. The van der Waals surface area contributed by atoms with E-state index in [0.29, 0.717) is 5.76 Å². The number of methoxy groups -OCH3 is 1. The van der Waals surface area contributed by atoms with Crippen LogP contribution in [0.15, 0.2) is 36.1 Å². The first-order valence-electron chi connectivity index (χ1n) is 3.16. The summed E-state index contributed by atoms with van der Waals surface area (Å²) in [6, 6.07) is 0. The number of allylic oxidation sites excluding steroid dienone is 3. The molecule has 10 heavy (non-hydrogen) atoms. The van der Waals surface area contributed by atoms with E-state index in [2.05, 4.69) is 13.2 Å². The standard InChI is InChI=1S/C9H14O/c1-6-7(2)8(3)9(4)10-5/h6H,1,4H2,2-3,5H3. The highest BCUT2D eigenvalue weighted by atomic mass is 16.5. The molecule has 0 aliphatic carbocycles. The van der Waals surface area contributed by atoms with Gasteiger partial charge in [0.15, 0.2) is 0 Å². The molecule has 0 spiro atoms. The number of hydrogen-bond acceptors (Lipinski definition) is 1. The SMILES string of the molecule is C=CC(C)=C(C)C(=C)OC. The molecule has 0 bridgehead atoms. The molecule has 1 heteroatoms. The van der Waals surface area contributed by atoms with Crippen molar-refractivity contribution in [2.24, 2.45) is 0 Å². The second-order valence-corrected chi connectivity index (χ2v) is 2.14.